The largest absolute Gasteiger partial charge is 0.481 e. The Morgan fingerprint density at radius 3 is 2.83 bits per heavy atom. The average molecular weight is 495 g/mol. The molecule has 0 unspecified atom stereocenters. The average Bonchev–Trinajstić information content (AvgIpc) is 3.29. The van der Waals surface area contributed by atoms with Crippen LogP contribution in [-0.4, -0.2) is 44.6 Å². The summed E-state index contributed by atoms with van der Waals surface area (Å²) in [4.78, 5) is 12.8. The van der Waals surface area contributed by atoms with Crippen LogP contribution >= 0.6 is 27.5 Å². The standard InChI is InChI=1S/C20H21BrClN5O3/c1-20(2)29-15-10(9-4-5-24-13(6-9)28-3)7-12(16(15)30-20)27-8-11(21)14-17(23)25-19(22)26-18(14)27/h4-6,8,10,12,15-16H,7H2,1-3H3,(H2,23,25,26)/t10-,12-,15-,16+/m1/s1. The van der Waals surface area contributed by atoms with Crippen molar-refractivity contribution in [2.24, 2.45) is 0 Å². The lowest BCUT2D eigenvalue weighted by Gasteiger charge is -2.24. The maximum atomic E-state index is 6.35. The van der Waals surface area contributed by atoms with E-state index in [9.17, 15) is 0 Å². The van der Waals surface area contributed by atoms with Crippen LogP contribution in [0.15, 0.2) is 29.0 Å². The molecule has 0 spiro atoms. The maximum Gasteiger partial charge on any atom is 0.226 e. The lowest BCUT2D eigenvalue weighted by molar-refractivity contribution is -0.157. The molecule has 1 aliphatic heterocycles. The highest BCUT2D eigenvalue weighted by Gasteiger charge is 2.55. The van der Waals surface area contributed by atoms with Gasteiger partial charge >= 0.3 is 0 Å². The second-order valence-corrected chi connectivity index (χ2v) is 9.26. The van der Waals surface area contributed by atoms with Crippen molar-refractivity contribution in [3.8, 4) is 5.88 Å². The van der Waals surface area contributed by atoms with Crippen LogP contribution in [0.1, 0.15) is 37.8 Å². The summed E-state index contributed by atoms with van der Waals surface area (Å²) in [5.74, 6) is 0.330. The molecular weight excluding hydrogens is 474 g/mol. The number of fused-ring (bicyclic) bond motifs is 2. The molecule has 0 aromatic carbocycles. The molecule has 5 rings (SSSR count). The Bertz CT molecular complexity index is 1140. The van der Waals surface area contributed by atoms with Crippen LogP contribution in [0, 0.1) is 0 Å². The van der Waals surface area contributed by atoms with Gasteiger partial charge in [0.05, 0.1) is 24.6 Å². The number of halogens is 2. The van der Waals surface area contributed by atoms with E-state index in [0.717, 1.165) is 21.8 Å². The Morgan fingerprint density at radius 2 is 2.07 bits per heavy atom. The molecule has 2 fully saturated rings. The molecular formula is C20H21BrClN5O3. The summed E-state index contributed by atoms with van der Waals surface area (Å²) >= 11 is 9.71. The van der Waals surface area contributed by atoms with Gasteiger partial charge in [-0.05, 0) is 59.4 Å². The zero-order chi connectivity index (χ0) is 21.2. The highest BCUT2D eigenvalue weighted by Crippen LogP contribution is 2.52. The number of hydrogen-bond donors (Lipinski definition) is 1. The molecule has 158 valence electrons. The van der Waals surface area contributed by atoms with E-state index in [4.69, 9.17) is 31.5 Å². The maximum absolute atomic E-state index is 6.35. The first kappa shape index (κ1) is 20.0. The normalized spacial score (nSPS) is 27.5. The van der Waals surface area contributed by atoms with Gasteiger partial charge < -0.3 is 24.5 Å². The van der Waals surface area contributed by atoms with Crippen molar-refractivity contribution in [3.63, 3.8) is 0 Å². The molecule has 1 saturated heterocycles. The van der Waals surface area contributed by atoms with E-state index < -0.39 is 5.79 Å². The van der Waals surface area contributed by atoms with Gasteiger partial charge in [0.1, 0.15) is 17.6 Å². The van der Waals surface area contributed by atoms with Crippen LogP contribution in [0.25, 0.3) is 11.0 Å². The third-order valence-corrected chi connectivity index (χ3v) is 6.59. The Labute approximate surface area is 186 Å². The molecule has 30 heavy (non-hydrogen) atoms. The molecule has 10 heteroatoms. The highest BCUT2D eigenvalue weighted by atomic mass is 79.9. The number of methoxy groups -OCH3 is 1. The number of nitrogens with two attached hydrogens (primary N) is 1. The number of rotatable bonds is 3. The molecule has 1 aliphatic carbocycles. The van der Waals surface area contributed by atoms with Crippen molar-refractivity contribution in [2.75, 3.05) is 12.8 Å². The Kier molecular flexibility index (Phi) is 4.70. The van der Waals surface area contributed by atoms with Crippen molar-refractivity contribution >= 4 is 44.4 Å². The van der Waals surface area contributed by atoms with E-state index in [0.29, 0.717) is 17.3 Å². The molecule has 0 radical (unpaired) electrons. The molecule has 3 aromatic rings. The molecule has 1 saturated carbocycles. The first-order valence-corrected chi connectivity index (χ1v) is 10.8. The first-order chi connectivity index (χ1) is 14.3. The monoisotopic (exact) mass is 493 g/mol. The van der Waals surface area contributed by atoms with E-state index in [1.807, 2.05) is 32.2 Å². The van der Waals surface area contributed by atoms with E-state index in [1.54, 1.807) is 13.3 Å². The number of ether oxygens (including phenoxy) is 3. The zero-order valence-electron chi connectivity index (χ0n) is 16.7. The topological polar surface area (TPSA) is 97.3 Å². The third kappa shape index (κ3) is 3.15. The Morgan fingerprint density at radius 1 is 1.30 bits per heavy atom. The van der Waals surface area contributed by atoms with Crippen molar-refractivity contribution in [2.45, 2.75) is 50.2 Å². The summed E-state index contributed by atoms with van der Waals surface area (Å²) in [6.45, 7) is 3.88. The molecule has 3 aromatic heterocycles. The van der Waals surface area contributed by atoms with Crippen LogP contribution in [0.2, 0.25) is 5.28 Å². The van der Waals surface area contributed by atoms with Gasteiger partial charge in [-0.2, -0.15) is 4.98 Å². The van der Waals surface area contributed by atoms with Crippen molar-refractivity contribution < 1.29 is 14.2 Å². The Balaban J connectivity index is 1.62. The number of hydrogen-bond acceptors (Lipinski definition) is 7. The Hall–Kier alpha value is -1.94. The van der Waals surface area contributed by atoms with Crippen LogP contribution < -0.4 is 10.5 Å². The van der Waals surface area contributed by atoms with Crippen LogP contribution in [0.5, 0.6) is 5.88 Å². The fraction of sp³-hybridized carbons (Fsp3) is 0.450. The van der Waals surface area contributed by atoms with Crippen molar-refractivity contribution in [1.29, 1.82) is 0 Å². The van der Waals surface area contributed by atoms with Gasteiger partial charge in [-0.3, -0.25) is 0 Å². The number of pyridine rings is 1. The lowest BCUT2D eigenvalue weighted by Crippen LogP contribution is -2.27. The summed E-state index contributed by atoms with van der Waals surface area (Å²) in [6, 6.07) is 3.93. The third-order valence-electron chi connectivity index (χ3n) is 5.81. The molecule has 4 heterocycles. The lowest BCUT2D eigenvalue weighted by atomic mass is 9.96. The summed E-state index contributed by atoms with van der Waals surface area (Å²) in [6.07, 6.45) is 4.23. The van der Waals surface area contributed by atoms with Crippen LogP contribution in [0.4, 0.5) is 5.82 Å². The van der Waals surface area contributed by atoms with Gasteiger partial charge in [-0.15, -0.1) is 0 Å². The number of nitrogen functional groups attached to an aromatic ring is 1. The molecule has 2 aliphatic rings. The summed E-state index contributed by atoms with van der Waals surface area (Å²) in [5, 5.41) is 0.851. The van der Waals surface area contributed by atoms with E-state index >= 15 is 0 Å². The van der Waals surface area contributed by atoms with E-state index in [-0.39, 0.29) is 29.5 Å². The van der Waals surface area contributed by atoms with Gasteiger partial charge in [0.15, 0.2) is 5.79 Å². The van der Waals surface area contributed by atoms with Gasteiger partial charge in [0.25, 0.3) is 0 Å². The van der Waals surface area contributed by atoms with Gasteiger partial charge in [-0.25, -0.2) is 9.97 Å². The minimum Gasteiger partial charge on any atom is -0.481 e. The minimum atomic E-state index is -0.685. The number of aromatic nitrogens is 4. The molecule has 0 amide bonds. The summed E-state index contributed by atoms with van der Waals surface area (Å²) in [7, 11) is 1.61. The van der Waals surface area contributed by atoms with E-state index in [1.165, 1.54) is 0 Å². The van der Waals surface area contributed by atoms with Crippen LogP contribution in [-0.2, 0) is 9.47 Å². The number of nitrogens with zero attached hydrogens (tertiary/aromatic N) is 4. The fourth-order valence-corrected chi connectivity index (χ4v) is 5.45. The first-order valence-electron chi connectivity index (χ1n) is 9.62. The van der Waals surface area contributed by atoms with Crippen LogP contribution in [0.3, 0.4) is 0 Å². The highest BCUT2D eigenvalue weighted by molar-refractivity contribution is 9.10. The van der Waals surface area contributed by atoms with Gasteiger partial charge in [-0.1, -0.05) is 0 Å². The zero-order valence-corrected chi connectivity index (χ0v) is 19.0. The molecule has 8 nitrogen and oxygen atoms in total. The predicted molar refractivity (Wildman–Crippen MR) is 116 cm³/mol. The molecule has 2 N–H and O–H groups in total. The van der Waals surface area contributed by atoms with Gasteiger partial charge in [0, 0.05) is 28.9 Å². The fourth-order valence-electron chi connectivity index (χ4n) is 4.67. The number of anilines is 1. The minimum absolute atomic E-state index is 0.0277. The smallest absolute Gasteiger partial charge is 0.226 e. The quantitative estimate of drug-likeness (QED) is 0.548. The van der Waals surface area contributed by atoms with E-state index in [2.05, 4.69) is 35.4 Å². The summed E-state index contributed by atoms with van der Waals surface area (Å²) in [5.41, 5.74) is 7.89. The second-order valence-electron chi connectivity index (χ2n) is 8.07. The SMILES string of the molecule is COc1cc([C@H]2C[C@@H](n3cc(Br)c4c(N)nc(Cl)nc43)[C@@H]3OC(C)(C)O[C@@H]32)ccn1. The molecule has 0 bridgehead atoms. The summed E-state index contributed by atoms with van der Waals surface area (Å²) < 4.78 is 20.9. The second kappa shape index (κ2) is 7.05. The van der Waals surface area contributed by atoms with Gasteiger partial charge in [0.2, 0.25) is 11.2 Å². The van der Waals surface area contributed by atoms with Crippen molar-refractivity contribution in [3.05, 3.63) is 39.8 Å². The molecule has 4 atom stereocenters. The van der Waals surface area contributed by atoms with Crippen molar-refractivity contribution in [1.82, 2.24) is 19.5 Å². The predicted octanol–water partition coefficient (Wildman–Crippen LogP) is 4.08.